The predicted molar refractivity (Wildman–Crippen MR) is 81.3 cm³/mol. The average Bonchev–Trinajstić information content (AvgIpc) is 2.91. The van der Waals surface area contributed by atoms with E-state index in [1.54, 1.807) is 13.2 Å². The Morgan fingerprint density at radius 1 is 1.35 bits per heavy atom. The molecule has 1 unspecified atom stereocenters. The van der Waals surface area contributed by atoms with Gasteiger partial charge in [0.2, 0.25) is 0 Å². The van der Waals surface area contributed by atoms with Gasteiger partial charge in [-0.3, -0.25) is 9.80 Å². The van der Waals surface area contributed by atoms with Crippen molar-refractivity contribution in [2.24, 2.45) is 0 Å². The number of rotatable bonds is 6. The van der Waals surface area contributed by atoms with Crippen LogP contribution in [-0.2, 0) is 6.54 Å². The summed E-state index contributed by atoms with van der Waals surface area (Å²) in [5.41, 5.74) is 0.949. The molecule has 0 amide bonds. The fraction of sp³-hybridized carbons (Fsp3) is 0.625. The summed E-state index contributed by atoms with van der Waals surface area (Å²) in [7, 11) is 1.59. The molecule has 0 aliphatic carbocycles. The lowest BCUT2D eigenvalue weighted by Crippen LogP contribution is -2.37. The number of ether oxygens (including phenoxy) is 1. The van der Waals surface area contributed by atoms with Crippen molar-refractivity contribution in [2.45, 2.75) is 32.9 Å². The van der Waals surface area contributed by atoms with Crippen LogP contribution >= 0.6 is 0 Å². The van der Waals surface area contributed by atoms with Gasteiger partial charge in [-0.15, -0.1) is 0 Å². The molecule has 0 aromatic heterocycles. The van der Waals surface area contributed by atoms with Gasteiger partial charge in [0.1, 0.15) is 0 Å². The van der Waals surface area contributed by atoms with Crippen molar-refractivity contribution >= 4 is 0 Å². The van der Waals surface area contributed by atoms with E-state index in [9.17, 15) is 5.11 Å². The largest absolute Gasteiger partial charge is 0.504 e. The normalized spacial score (nSPS) is 19.7. The summed E-state index contributed by atoms with van der Waals surface area (Å²) in [6, 6.07) is 6.36. The number of likely N-dealkylation sites (tertiary alicyclic amines) is 1. The molecule has 4 nitrogen and oxygen atoms in total. The van der Waals surface area contributed by atoms with Gasteiger partial charge in [0.15, 0.2) is 11.5 Å². The van der Waals surface area contributed by atoms with Crippen molar-refractivity contribution < 1.29 is 9.84 Å². The molecular formula is C16H26N2O2. The lowest BCUT2D eigenvalue weighted by atomic mass is 10.1. The molecule has 0 spiro atoms. The molecule has 1 saturated heterocycles. The summed E-state index contributed by atoms with van der Waals surface area (Å²) < 4.78 is 5.17. The van der Waals surface area contributed by atoms with E-state index in [4.69, 9.17) is 4.74 Å². The van der Waals surface area contributed by atoms with E-state index in [0.29, 0.717) is 11.8 Å². The minimum Gasteiger partial charge on any atom is -0.504 e. The van der Waals surface area contributed by atoms with Crippen LogP contribution < -0.4 is 4.74 Å². The lowest BCUT2D eigenvalue weighted by Gasteiger charge is -2.26. The second-order valence-electron chi connectivity index (χ2n) is 5.37. The molecule has 0 bridgehead atoms. The van der Waals surface area contributed by atoms with Gasteiger partial charge in [-0.05, 0) is 25.6 Å². The minimum absolute atomic E-state index is 0.279. The number of phenols is 1. The number of hydrogen-bond acceptors (Lipinski definition) is 4. The molecule has 1 aromatic carbocycles. The number of aromatic hydroxyl groups is 1. The smallest absolute Gasteiger partial charge is 0.162 e. The van der Waals surface area contributed by atoms with E-state index in [-0.39, 0.29) is 5.75 Å². The van der Waals surface area contributed by atoms with Crippen molar-refractivity contribution in [2.75, 3.05) is 33.3 Å². The van der Waals surface area contributed by atoms with Crippen LogP contribution in [-0.4, -0.2) is 54.2 Å². The topological polar surface area (TPSA) is 35.9 Å². The fourth-order valence-electron chi connectivity index (χ4n) is 3.09. The first kappa shape index (κ1) is 15.1. The maximum atomic E-state index is 10.2. The van der Waals surface area contributed by atoms with Gasteiger partial charge in [0.05, 0.1) is 7.11 Å². The molecule has 0 saturated carbocycles. The Morgan fingerprint density at radius 2 is 2.10 bits per heavy atom. The highest BCUT2D eigenvalue weighted by Gasteiger charge is 2.26. The first-order valence-electron chi connectivity index (χ1n) is 7.50. The van der Waals surface area contributed by atoms with Gasteiger partial charge in [0, 0.05) is 31.2 Å². The molecule has 1 fully saturated rings. The van der Waals surface area contributed by atoms with Crippen LogP contribution in [0.1, 0.15) is 25.8 Å². The minimum atomic E-state index is 0.279. The standard InChI is InChI=1S/C16H26N2O2/c1-4-18(5-2)14-9-10-17(12-14)11-13-7-6-8-15(20-3)16(13)19/h6-8,14,19H,4-5,9-12H2,1-3H3. The van der Waals surface area contributed by atoms with Gasteiger partial charge in [0.25, 0.3) is 0 Å². The zero-order valence-corrected chi connectivity index (χ0v) is 12.8. The molecule has 1 atom stereocenters. The first-order chi connectivity index (χ1) is 9.69. The molecule has 112 valence electrons. The second kappa shape index (κ2) is 6.95. The monoisotopic (exact) mass is 278 g/mol. The number of benzene rings is 1. The van der Waals surface area contributed by atoms with Crippen molar-refractivity contribution in [1.29, 1.82) is 0 Å². The Balaban J connectivity index is 1.99. The second-order valence-corrected chi connectivity index (χ2v) is 5.37. The Hall–Kier alpha value is -1.26. The molecular weight excluding hydrogens is 252 g/mol. The number of hydrogen-bond donors (Lipinski definition) is 1. The SMILES string of the molecule is CCN(CC)C1CCN(Cc2cccc(OC)c2O)C1. The van der Waals surface area contributed by atoms with E-state index in [1.807, 2.05) is 12.1 Å². The van der Waals surface area contributed by atoms with Gasteiger partial charge < -0.3 is 9.84 Å². The highest BCUT2D eigenvalue weighted by Crippen LogP contribution is 2.31. The summed E-state index contributed by atoms with van der Waals surface area (Å²) in [6.07, 6.45) is 1.21. The van der Waals surface area contributed by atoms with Gasteiger partial charge in [-0.2, -0.15) is 0 Å². The summed E-state index contributed by atoms with van der Waals surface area (Å²) in [5.74, 6) is 0.836. The van der Waals surface area contributed by atoms with Crippen LogP contribution in [0.5, 0.6) is 11.5 Å². The Kier molecular flexibility index (Phi) is 5.26. The predicted octanol–water partition coefficient (Wildman–Crippen LogP) is 2.32. The summed E-state index contributed by atoms with van der Waals surface area (Å²) >= 11 is 0. The van der Waals surface area contributed by atoms with Gasteiger partial charge >= 0.3 is 0 Å². The zero-order valence-electron chi connectivity index (χ0n) is 12.8. The van der Waals surface area contributed by atoms with Crippen molar-refractivity contribution in [3.05, 3.63) is 23.8 Å². The molecule has 0 radical (unpaired) electrons. The Morgan fingerprint density at radius 3 is 2.75 bits per heavy atom. The lowest BCUT2D eigenvalue weighted by molar-refractivity contribution is 0.208. The molecule has 2 rings (SSSR count). The van der Waals surface area contributed by atoms with Crippen LogP contribution in [0.15, 0.2) is 18.2 Å². The number of phenolic OH excluding ortho intramolecular Hbond substituents is 1. The third kappa shape index (κ3) is 3.25. The summed E-state index contributed by atoms with van der Waals surface area (Å²) in [4.78, 5) is 4.93. The molecule has 1 aliphatic rings. The highest BCUT2D eigenvalue weighted by atomic mass is 16.5. The van der Waals surface area contributed by atoms with Crippen molar-refractivity contribution in [1.82, 2.24) is 9.80 Å². The fourth-order valence-corrected chi connectivity index (χ4v) is 3.09. The van der Waals surface area contributed by atoms with Crippen LogP contribution in [0.25, 0.3) is 0 Å². The first-order valence-corrected chi connectivity index (χ1v) is 7.50. The van der Waals surface area contributed by atoms with Gasteiger partial charge in [-0.1, -0.05) is 26.0 Å². The number of likely N-dealkylation sites (N-methyl/N-ethyl adjacent to an activating group) is 1. The van der Waals surface area contributed by atoms with Crippen molar-refractivity contribution in [3.8, 4) is 11.5 Å². The molecule has 20 heavy (non-hydrogen) atoms. The molecule has 1 aliphatic heterocycles. The van der Waals surface area contributed by atoms with Crippen LogP contribution in [0.4, 0.5) is 0 Å². The summed E-state index contributed by atoms with van der Waals surface area (Å²) in [6.45, 7) is 9.63. The number of nitrogens with zero attached hydrogens (tertiary/aromatic N) is 2. The quantitative estimate of drug-likeness (QED) is 0.866. The van der Waals surface area contributed by atoms with E-state index < -0.39 is 0 Å². The third-order valence-corrected chi connectivity index (χ3v) is 4.27. The Bertz CT molecular complexity index is 432. The van der Waals surface area contributed by atoms with Crippen molar-refractivity contribution in [3.63, 3.8) is 0 Å². The maximum Gasteiger partial charge on any atom is 0.162 e. The molecule has 1 heterocycles. The van der Waals surface area contributed by atoms with E-state index in [1.165, 1.54) is 6.42 Å². The average molecular weight is 278 g/mol. The van der Waals surface area contributed by atoms with E-state index in [0.717, 1.165) is 38.3 Å². The van der Waals surface area contributed by atoms with E-state index >= 15 is 0 Å². The Labute approximate surface area is 122 Å². The molecule has 1 aromatic rings. The van der Waals surface area contributed by atoms with Crippen LogP contribution in [0, 0.1) is 0 Å². The van der Waals surface area contributed by atoms with Gasteiger partial charge in [-0.25, -0.2) is 0 Å². The van der Waals surface area contributed by atoms with Crippen LogP contribution in [0.2, 0.25) is 0 Å². The number of para-hydroxylation sites is 1. The summed E-state index contributed by atoms with van der Waals surface area (Å²) in [5, 5.41) is 10.2. The molecule has 4 heteroatoms. The zero-order chi connectivity index (χ0) is 14.5. The highest BCUT2D eigenvalue weighted by molar-refractivity contribution is 5.45. The van der Waals surface area contributed by atoms with E-state index in [2.05, 4.69) is 23.6 Å². The maximum absolute atomic E-state index is 10.2. The molecule has 1 N–H and O–H groups in total. The van der Waals surface area contributed by atoms with Crippen LogP contribution in [0.3, 0.4) is 0 Å². The number of methoxy groups -OCH3 is 1. The third-order valence-electron chi connectivity index (χ3n) is 4.27.